The molecule has 0 aromatic heterocycles. The van der Waals surface area contributed by atoms with Crippen LogP contribution in [0.15, 0.2) is 48.5 Å². The predicted octanol–water partition coefficient (Wildman–Crippen LogP) is 2.02. The number of hydrogen-bond donors (Lipinski definition) is 6. The molecule has 0 aliphatic rings. The molecule has 36 heavy (non-hydrogen) atoms. The molecular weight excluding hydrogens is 458 g/mol. The second-order valence-electron chi connectivity index (χ2n) is 8.30. The summed E-state index contributed by atoms with van der Waals surface area (Å²) in [6, 6.07) is 12.6. The zero-order valence-corrected chi connectivity index (χ0v) is 21.0. The zero-order valence-electron chi connectivity index (χ0n) is 21.0. The van der Waals surface area contributed by atoms with E-state index in [1.165, 1.54) is 0 Å². The average Bonchev–Trinajstić information content (AvgIpc) is 2.89. The van der Waals surface area contributed by atoms with E-state index in [1.54, 1.807) is 48.8 Å². The minimum Gasteiger partial charge on any atom is -0.339 e. The first-order valence-corrected chi connectivity index (χ1v) is 12.1. The van der Waals surface area contributed by atoms with E-state index in [4.69, 9.17) is 5.21 Å². The van der Waals surface area contributed by atoms with Crippen molar-refractivity contribution in [3.8, 4) is 11.8 Å². The standard InChI is InChI=1S/C27H35N5O4/c1-4-16-28-18-24(33)30-23-14-10-21(11-15-23)7-6-20-8-12-22(13-9-20)26(34)31-25(27(35)32-36)19(3)29-17-5-2/h8-15,19,25,28-29,36H,4-5,16-18H2,1-3H3,(H,30,33)(H,31,34)(H,32,35)/t19?,25-/m0/s1. The third-order valence-corrected chi connectivity index (χ3v) is 5.27. The number of carbonyl (C=O) groups excluding carboxylic acids is 3. The number of rotatable bonds is 12. The summed E-state index contributed by atoms with van der Waals surface area (Å²) in [7, 11) is 0. The van der Waals surface area contributed by atoms with Crippen molar-refractivity contribution in [1.82, 2.24) is 21.4 Å². The van der Waals surface area contributed by atoms with Gasteiger partial charge < -0.3 is 21.3 Å². The van der Waals surface area contributed by atoms with Crippen LogP contribution < -0.4 is 26.7 Å². The first-order valence-electron chi connectivity index (χ1n) is 12.1. The van der Waals surface area contributed by atoms with E-state index < -0.39 is 17.9 Å². The lowest BCUT2D eigenvalue weighted by Crippen LogP contribution is -2.56. The van der Waals surface area contributed by atoms with Gasteiger partial charge in [0, 0.05) is 28.4 Å². The molecule has 1 unspecified atom stereocenters. The van der Waals surface area contributed by atoms with Crippen molar-refractivity contribution in [2.24, 2.45) is 0 Å². The van der Waals surface area contributed by atoms with E-state index in [9.17, 15) is 14.4 Å². The van der Waals surface area contributed by atoms with Gasteiger partial charge in [-0.05, 0) is 81.4 Å². The summed E-state index contributed by atoms with van der Waals surface area (Å²) in [5, 5.41) is 20.7. The first kappa shape index (κ1) is 28.5. The molecule has 2 aromatic carbocycles. The van der Waals surface area contributed by atoms with Crippen LogP contribution in [0.1, 0.15) is 55.1 Å². The Kier molecular flexibility index (Phi) is 12.1. The van der Waals surface area contributed by atoms with Gasteiger partial charge in [0.2, 0.25) is 5.91 Å². The van der Waals surface area contributed by atoms with Crippen LogP contribution in [0.25, 0.3) is 0 Å². The highest BCUT2D eigenvalue weighted by atomic mass is 16.5. The second-order valence-corrected chi connectivity index (χ2v) is 8.30. The third-order valence-electron chi connectivity index (χ3n) is 5.27. The summed E-state index contributed by atoms with van der Waals surface area (Å²) in [6.45, 7) is 7.54. The van der Waals surface area contributed by atoms with Crippen molar-refractivity contribution in [3.05, 3.63) is 65.2 Å². The topological polar surface area (TPSA) is 132 Å². The molecule has 9 heteroatoms. The smallest absolute Gasteiger partial charge is 0.267 e. The molecule has 6 N–H and O–H groups in total. The third kappa shape index (κ3) is 9.50. The summed E-state index contributed by atoms with van der Waals surface area (Å²) in [6.07, 6.45) is 1.84. The molecular formula is C27H35N5O4. The Morgan fingerprint density at radius 2 is 1.47 bits per heavy atom. The number of benzene rings is 2. The number of anilines is 1. The van der Waals surface area contributed by atoms with Crippen molar-refractivity contribution < 1.29 is 19.6 Å². The molecule has 2 aromatic rings. The SMILES string of the molecule is CCCNCC(=O)Nc1ccc(C#Cc2ccc(C(=O)N[C@H](C(=O)NO)C(C)NCCC)cc2)cc1. The van der Waals surface area contributed by atoms with Crippen molar-refractivity contribution >= 4 is 23.4 Å². The van der Waals surface area contributed by atoms with Crippen molar-refractivity contribution in [1.29, 1.82) is 0 Å². The summed E-state index contributed by atoms with van der Waals surface area (Å²) in [4.78, 5) is 36.6. The molecule has 2 atom stereocenters. The summed E-state index contributed by atoms with van der Waals surface area (Å²) in [5.74, 6) is 4.88. The molecule has 0 fully saturated rings. The molecule has 2 rings (SSSR count). The van der Waals surface area contributed by atoms with Gasteiger partial charge in [-0.1, -0.05) is 25.7 Å². The van der Waals surface area contributed by atoms with Gasteiger partial charge in [0.15, 0.2) is 0 Å². The molecule has 0 bridgehead atoms. The number of carbonyl (C=O) groups is 3. The van der Waals surface area contributed by atoms with Gasteiger partial charge in [-0.2, -0.15) is 0 Å². The van der Waals surface area contributed by atoms with Gasteiger partial charge in [0.05, 0.1) is 6.54 Å². The number of hydrogen-bond acceptors (Lipinski definition) is 6. The van der Waals surface area contributed by atoms with Crippen molar-refractivity contribution in [2.45, 2.75) is 45.7 Å². The lowest BCUT2D eigenvalue weighted by atomic mass is 10.1. The van der Waals surface area contributed by atoms with Gasteiger partial charge in [-0.3, -0.25) is 19.6 Å². The monoisotopic (exact) mass is 493 g/mol. The van der Waals surface area contributed by atoms with Crippen LogP contribution in [0, 0.1) is 11.8 Å². The van der Waals surface area contributed by atoms with Gasteiger partial charge in [0.25, 0.3) is 11.8 Å². The Hall–Kier alpha value is -3.71. The fraction of sp³-hybridized carbons (Fsp3) is 0.370. The van der Waals surface area contributed by atoms with Gasteiger partial charge in [-0.25, -0.2) is 5.48 Å². The lowest BCUT2D eigenvalue weighted by Gasteiger charge is -2.24. The molecule has 0 aliphatic carbocycles. The molecule has 0 aliphatic heterocycles. The molecule has 0 radical (unpaired) electrons. The van der Waals surface area contributed by atoms with Crippen LogP contribution in [0.5, 0.6) is 0 Å². The fourth-order valence-electron chi connectivity index (χ4n) is 3.27. The average molecular weight is 494 g/mol. The second kappa shape index (κ2) is 15.3. The van der Waals surface area contributed by atoms with E-state index in [1.807, 2.05) is 26.0 Å². The Morgan fingerprint density at radius 3 is 2.03 bits per heavy atom. The lowest BCUT2D eigenvalue weighted by molar-refractivity contribution is -0.131. The first-order chi connectivity index (χ1) is 17.4. The molecule has 0 saturated heterocycles. The highest BCUT2D eigenvalue weighted by molar-refractivity contribution is 5.97. The summed E-state index contributed by atoms with van der Waals surface area (Å²) < 4.78 is 0. The van der Waals surface area contributed by atoms with Gasteiger partial charge in [0.1, 0.15) is 6.04 Å². The molecule has 0 saturated carbocycles. The molecule has 9 nitrogen and oxygen atoms in total. The van der Waals surface area contributed by atoms with E-state index in [0.29, 0.717) is 23.4 Å². The molecule has 0 spiro atoms. The van der Waals surface area contributed by atoms with Gasteiger partial charge in [-0.15, -0.1) is 0 Å². The number of amides is 3. The highest BCUT2D eigenvalue weighted by Gasteiger charge is 2.26. The van der Waals surface area contributed by atoms with Crippen LogP contribution in [-0.2, 0) is 9.59 Å². The normalized spacial score (nSPS) is 12.0. The van der Waals surface area contributed by atoms with Crippen LogP contribution in [-0.4, -0.2) is 54.6 Å². The van der Waals surface area contributed by atoms with Crippen LogP contribution in [0.3, 0.4) is 0 Å². The van der Waals surface area contributed by atoms with Gasteiger partial charge >= 0.3 is 0 Å². The van der Waals surface area contributed by atoms with Crippen molar-refractivity contribution in [3.63, 3.8) is 0 Å². The highest BCUT2D eigenvalue weighted by Crippen LogP contribution is 2.10. The molecule has 192 valence electrons. The molecule has 3 amide bonds. The summed E-state index contributed by atoms with van der Waals surface area (Å²) >= 11 is 0. The maximum atomic E-state index is 12.7. The van der Waals surface area contributed by atoms with E-state index in [0.717, 1.165) is 24.9 Å². The number of hydroxylamine groups is 1. The van der Waals surface area contributed by atoms with E-state index in [-0.39, 0.29) is 18.5 Å². The predicted molar refractivity (Wildman–Crippen MR) is 140 cm³/mol. The quantitative estimate of drug-likeness (QED) is 0.116. The maximum absolute atomic E-state index is 12.7. The summed E-state index contributed by atoms with van der Waals surface area (Å²) in [5.41, 5.74) is 4.18. The Bertz CT molecular complexity index is 1060. The molecule has 0 heterocycles. The Morgan fingerprint density at radius 1 is 0.889 bits per heavy atom. The van der Waals surface area contributed by atoms with E-state index >= 15 is 0 Å². The maximum Gasteiger partial charge on any atom is 0.267 e. The van der Waals surface area contributed by atoms with Crippen molar-refractivity contribution in [2.75, 3.05) is 25.0 Å². The van der Waals surface area contributed by atoms with E-state index in [2.05, 4.69) is 33.1 Å². The largest absolute Gasteiger partial charge is 0.339 e. The minimum atomic E-state index is -0.936. The van der Waals surface area contributed by atoms with Crippen LogP contribution in [0.2, 0.25) is 0 Å². The van der Waals surface area contributed by atoms with Crippen LogP contribution in [0.4, 0.5) is 5.69 Å². The fourth-order valence-corrected chi connectivity index (χ4v) is 3.27. The Balaban J connectivity index is 1.97. The Labute approximate surface area is 212 Å². The minimum absolute atomic E-state index is 0.0959. The number of nitrogens with one attached hydrogen (secondary N) is 5. The zero-order chi connectivity index (χ0) is 26.3. The van der Waals surface area contributed by atoms with Crippen LogP contribution >= 0.6 is 0 Å².